The zero-order valence-corrected chi connectivity index (χ0v) is 11.0. The Bertz CT molecular complexity index is 303. The molecule has 0 aromatic carbocycles. The van der Waals surface area contributed by atoms with Crippen LogP contribution < -0.4 is 0 Å². The van der Waals surface area contributed by atoms with Gasteiger partial charge >= 0.3 is 0 Å². The summed E-state index contributed by atoms with van der Waals surface area (Å²) in [5.74, 6) is -0.0377. The zero-order valence-electron chi connectivity index (χ0n) is 11.0. The number of hydrogen-bond donors (Lipinski definition) is 0. The van der Waals surface area contributed by atoms with E-state index >= 15 is 0 Å². The SMILES string of the molecule is CCCC(C)N(C)C(=O)C1(C#N)CCOCC1. The summed E-state index contributed by atoms with van der Waals surface area (Å²) in [6, 6.07) is 2.42. The number of rotatable bonds is 4. The lowest BCUT2D eigenvalue weighted by atomic mass is 9.80. The molecule has 0 saturated carbocycles. The highest BCUT2D eigenvalue weighted by molar-refractivity contribution is 5.85. The van der Waals surface area contributed by atoms with E-state index in [4.69, 9.17) is 4.74 Å². The van der Waals surface area contributed by atoms with Crippen molar-refractivity contribution >= 4 is 5.91 Å². The van der Waals surface area contributed by atoms with Crippen molar-refractivity contribution in [3.63, 3.8) is 0 Å². The van der Waals surface area contributed by atoms with Gasteiger partial charge in [-0.2, -0.15) is 5.26 Å². The fraction of sp³-hybridized carbons (Fsp3) is 0.846. The molecule has 0 spiro atoms. The van der Waals surface area contributed by atoms with Gasteiger partial charge in [-0.1, -0.05) is 13.3 Å². The number of hydrogen-bond acceptors (Lipinski definition) is 3. The highest BCUT2D eigenvalue weighted by atomic mass is 16.5. The Kier molecular flexibility index (Phi) is 4.95. The lowest BCUT2D eigenvalue weighted by Gasteiger charge is -2.35. The molecule has 4 nitrogen and oxygen atoms in total. The van der Waals surface area contributed by atoms with Crippen molar-refractivity contribution in [1.82, 2.24) is 4.90 Å². The lowest BCUT2D eigenvalue weighted by Crippen LogP contribution is -2.47. The molecule has 1 aliphatic rings. The van der Waals surface area contributed by atoms with E-state index in [2.05, 4.69) is 13.0 Å². The van der Waals surface area contributed by atoms with E-state index < -0.39 is 5.41 Å². The van der Waals surface area contributed by atoms with Crippen LogP contribution in [0, 0.1) is 16.7 Å². The van der Waals surface area contributed by atoms with Gasteiger partial charge in [0.1, 0.15) is 5.41 Å². The lowest BCUT2D eigenvalue weighted by molar-refractivity contribution is -0.144. The van der Waals surface area contributed by atoms with Crippen LogP contribution in [0.2, 0.25) is 0 Å². The van der Waals surface area contributed by atoms with Crippen LogP contribution >= 0.6 is 0 Å². The van der Waals surface area contributed by atoms with Crippen molar-refractivity contribution in [1.29, 1.82) is 5.26 Å². The molecule has 0 N–H and O–H groups in total. The molecular weight excluding hydrogens is 216 g/mol. The molecule has 1 saturated heterocycles. The molecule has 0 radical (unpaired) electrons. The molecule has 1 heterocycles. The molecule has 96 valence electrons. The summed E-state index contributed by atoms with van der Waals surface area (Å²) in [5, 5.41) is 9.32. The molecule has 0 bridgehead atoms. The molecule has 1 fully saturated rings. The average Bonchev–Trinajstić information content (AvgIpc) is 2.38. The highest BCUT2D eigenvalue weighted by Gasteiger charge is 2.42. The van der Waals surface area contributed by atoms with E-state index in [0.29, 0.717) is 26.1 Å². The van der Waals surface area contributed by atoms with Crippen LogP contribution in [0.3, 0.4) is 0 Å². The first-order valence-electron chi connectivity index (χ1n) is 6.33. The average molecular weight is 238 g/mol. The maximum absolute atomic E-state index is 12.4. The van der Waals surface area contributed by atoms with Crippen LogP contribution in [0.25, 0.3) is 0 Å². The van der Waals surface area contributed by atoms with Crippen LogP contribution in [0.15, 0.2) is 0 Å². The molecule has 1 rings (SSSR count). The summed E-state index contributed by atoms with van der Waals surface area (Å²) >= 11 is 0. The summed E-state index contributed by atoms with van der Waals surface area (Å²) in [6.45, 7) is 5.15. The molecule has 0 aromatic rings. The Balaban J connectivity index is 2.75. The van der Waals surface area contributed by atoms with Gasteiger partial charge in [-0.3, -0.25) is 4.79 Å². The van der Waals surface area contributed by atoms with E-state index in [1.165, 1.54) is 0 Å². The normalized spacial score (nSPS) is 20.4. The van der Waals surface area contributed by atoms with E-state index in [-0.39, 0.29) is 11.9 Å². The summed E-state index contributed by atoms with van der Waals surface area (Å²) < 4.78 is 5.24. The standard InChI is InChI=1S/C13H22N2O2/c1-4-5-11(2)15(3)12(16)13(10-14)6-8-17-9-7-13/h11H,4-9H2,1-3H3. The van der Waals surface area contributed by atoms with E-state index in [1.807, 2.05) is 6.92 Å². The van der Waals surface area contributed by atoms with Gasteiger partial charge in [0.05, 0.1) is 6.07 Å². The Morgan fingerprint density at radius 1 is 1.53 bits per heavy atom. The monoisotopic (exact) mass is 238 g/mol. The first kappa shape index (κ1) is 14.0. The summed E-state index contributed by atoms with van der Waals surface area (Å²) in [5.41, 5.74) is -0.852. The van der Waals surface area contributed by atoms with Crippen molar-refractivity contribution in [3.05, 3.63) is 0 Å². The van der Waals surface area contributed by atoms with Crippen molar-refractivity contribution in [3.8, 4) is 6.07 Å². The van der Waals surface area contributed by atoms with Gasteiger partial charge in [0.25, 0.3) is 0 Å². The molecule has 1 aliphatic heterocycles. The van der Waals surface area contributed by atoms with Gasteiger partial charge < -0.3 is 9.64 Å². The van der Waals surface area contributed by atoms with Gasteiger partial charge in [0, 0.05) is 26.3 Å². The Hall–Kier alpha value is -1.08. The smallest absolute Gasteiger partial charge is 0.243 e. The maximum Gasteiger partial charge on any atom is 0.243 e. The number of amides is 1. The predicted molar refractivity (Wildman–Crippen MR) is 65.2 cm³/mol. The number of nitriles is 1. The summed E-state index contributed by atoms with van der Waals surface area (Å²) in [4.78, 5) is 14.1. The van der Waals surface area contributed by atoms with E-state index in [9.17, 15) is 10.1 Å². The number of nitrogens with zero attached hydrogens (tertiary/aromatic N) is 2. The highest BCUT2D eigenvalue weighted by Crippen LogP contribution is 2.32. The molecule has 1 unspecified atom stereocenters. The van der Waals surface area contributed by atoms with Crippen molar-refractivity contribution in [2.75, 3.05) is 20.3 Å². The second kappa shape index (κ2) is 6.02. The molecule has 1 atom stereocenters. The summed E-state index contributed by atoms with van der Waals surface area (Å²) in [7, 11) is 1.80. The van der Waals surface area contributed by atoms with E-state index in [1.54, 1.807) is 11.9 Å². The van der Waals surface area contributed by atoms with Crippen LogP contribution in [-0.2, 0) is 9.53 Å². The summed E-state index contributed by atoms with van der Waals surface area (Å²) in [6.07, 6.45) is 3.05. The van der Waals surface area contributed by atoms with Gasteiger partial charge in [0.2, 0.25) is 5.91 Å². The quantitative estimate of drug-likeness (QED) is 0.752. The Labute approximate surface area is 104 Å². The Morgan fingerprint density at radius 2 is 2.12 bits per heavy atom. The molecule has 0 aromatic heterocycles. The molecule has 0 aliphatic carbocycles. The number of carbonyl (C=O) groups excluding carboxylic acids is 1. The Morgan fingerprint density at radius 3 is 2.59 bits per heavy atom. The largest absolute Gasteiger partial charge is 0.381 e. The van der Waals surface area contributed by atoms with Crippen LogP contribution in [0.4, 0.5) is 0 Å². The van der Waals surface area contributed by atoms with E-state index in [0.717, 1.165) is 12.8 Å². The first-order chi connectivity index (χ1) is 8.07. The molecular formula is C13H22N2O2. The second-order valence-corrected chi connectivity index (χ2v) is 4.86. The fourth-order valence-electron chi connectivity index (χ4n) is 2.24. The first-order valence-corrected chi connectivity index (χ1v) is 6.33. The second-order valence-electron chi connectivity index (χ2n) is 4.86. The predicted octanol–water partition coefficient (Wildman–Crippen LogP) is 1.95. The van der Waals surface area contributed by atoms with Crippen molar-refractivity contribution in [2.45, 2.75) is 45.6 Å². The fourth-order valence-corrected chi connectivity index (χ4v) is 2.24. The van der Waals surface area contributed by atoms with Crippen LogP contribution in [0.5, 0.6) is 0 Å². The van der Waals surface area contributed by atoms with Gasteiger partial charge in [0.15, 0.2) is 0 Å². The van der Waals surface area contributed by atoms with Gasteiger partial charge in [-0.25, -0.2) is 0 Å². The molecule has 17 heavy (non-hydrogen) atoms. The number of carbonyl (C=O) groups is 1. The third-order valence-corrected chi connectivity index (χ3v) is 3.66. The van der Waals surface area contributed by atoms with Gasteiger partial charge in [-0.05, 0) is 26.2 Å². The third-order valence-electron chi connectivity index (χ3n) is 3.66. The van der Waals surface area contributed by atoms with Crippen molar-refractivity contribution in [2.24, 2.45) is 5.41 Å². The minimum Gasteiger partial charge on any atom is -0.381 e. The van der Waals surface area contributed by atoms with Gasteiger partial charge in [-0.15, -0.1) is 0 Å². The van der Waals surface area contributed by atoms with Crippen LogP contribution in [-0.4, -0.2) is 37.1 Å². The number of ether oxygens (including phenoxy) is 1. The minimum atomic E-state index is -0.852. The van der Waals surface area contributed by atoms with Crippen LogP contribution in [0.1, 0.15) is 39.5 Å². The third kappa shape index (κ3) is 2.98. The topological polar surface area (TPSA) is 53.3 Å². The minimum absolute atomic E-state index is 0.0377. The molecule has 4 heteroatoms. The zero-order chi connectivity index (χ0) is 12.9. The molecule has 1 amide bonds. The maximum atomic E-state index is 12.4. The van der Waals surface area contributed by atoms with Crippen molar-refractivity contribution < 1.29 is 9.53 Å².